The summed E-state index contributed by atoms with van der Waals surface area (Å²) in [5.41, 5.74) is 8.04. The maximum absolute atomic E-state index is 12.0. The first-order chi connectivity index (χ1) is 9.53. The number of nitrogens with one attached hydrogen (secondary N) is 1. The number of anilines is 1. The quantitative estimate of drug-likeness (QED) is 0.890. The van der Waals surface area contributed by atoms with E-state index < -0.39 is 0 Å². The van der Waals surface area contributed by atoms with E-state index in [2.05, 4.69) is 29.4 Å². The number of hydrogen-bond donors (Lipinski definition) is 2. The van der Waals surface area contributed by atoms with E-state index in [4.69, 9.17) is 5.73 Å². The van der Waals surface area contributed by atoms with Crippen LogP contribution in [0, 0.1) is 0 Å². The second-order valence-electron chi connectivity index (χ2n) is 5.25. The summed E-state index contributed by atoms with van der Waals surface area (Å²) in [5.74, 6) is -0.203. The highest BCUT2D eigenvalue weighted by atomic mass is 16.1. The molecule has 0 aliphatic carbocycles. The van der Waals surface area contributed by atoms with Crippen LogP contribution in [0.5, 0.6) is 0 Å². The van der Waals surface area contributed by atoms with Crippen LogP contribution in [0.4, 0.5) is 5.69 Å². The third-order valence-electron chi connectivity index (χ3n) is 3.28. The van der Waals surface area contributed by atoms with E-state index in [1.54, 1.807) is 6.07 Å². The van der Waals surface area contributed by atoms with Gasteiger partial charge in [0.05, 0.1) is 18.0 Å². The molecule has 2 aromatic rings. The number of benzene rings is 1. The first kappa shape index (κ1) is 14.1. The molecule has 0 atom stereocenters. The van der Waals surface area contributed by atoms with Gasteiger partial charge >= 0.3 is 0 Å². The number of rotatable bonds is 4. The summed E-state index contributed by atoms with van der Waals surface area (Å²) in [7, 11) is 0. The van der Waals surface area contributed by atoms with Gasteiger partial charge in [-0.2, -0.15) is 10.2 Å². The van der Waals surface area contributed by atoms with Gasteiger partial charge in [0.15, 0.2) is 0 Å². The standard InChI is InChI=1S/C15H18N4O/c1-15(2,10-16)12-3-5-13(6-4-12)19-14(20)11-7-8-17-18-9-11/h3-9H,10,16H2,1-2H3,(H,19,20). The van der Waals surface area contributed by atoms with Gasteiger partial charge in [0.2, 0.25) is 0 Å². The predicted octanol–water partition coefficient (Wildman–Crippen LogP) is 1.97. The highest BCUT2D eigenvalue weighted by Crippen LogP contribution is 2.23. The van der Waals surface area contributed by atoms with Crippen LogP contribution in [-0.2, 0) is 5.41 Å². The normalized spacial score (nSPS) is 11.2. The number of carbonyl (C=O) groups is 1. The van der Waals surface area contributed by atoms with E-state index >= 15 is 0 Å². The van der Waals surface area contributed by atoms with Crippen LogP contribution in [0.1, 0.15) is 29.8 Å². The maximum atomic E-state index is 12.0. The van der Waals surface area contributed by atoms with Crippen LogP contribution < -0.4 is 11.1 Å². The van der Waals surface area contributed by atoms with Gasteiger partial charge in [-0.15, -0.1) is 0 Å². The third-order valence-corrected chi connectivity index (χ3v) is 3.28. The molecule has 0 aliphatic heterocycles. The van der Waals surface area contributed by atoms with Gasteiger partial charge in [-0.3, -0.25) is 4.79 Å². The Morgan fingerprint density at radius 2 is 1.90 bits per heavy atom. The molecule has 5 nitrogen and oxygen atoms in total. The first-order valence-corrected chi connectivity index (χ1v) is 6.41. The van der Waals surface area contributed by atoms with Crippen LogP contribution in [0.15, 0.2) is 42.7 Å². The molecule has 0 unspecified atom stereocenters. The minimum absolute atomic E-state index is 0.0719. The lowest BCUT2D eigenvalue weighted by Crippen LogP contribution is -2.27. The Balaban J connectivity index is 2.10. The fraction of sp³-hybridized carbons (Fsp3) is 0.267. The smallest absolute Gasteiger partial charge is 0.257 e. The summed E-state index contributed by atoms with van der Waals surface area (Å²) in [6.07, 6.45) is 2.92. The predicted molar refractivity (Wildman–Crippen MR) is 78.5 cm³/mol. The molecule has 5 heteroatoms. The zero-order chi connectivity index (χ0) is 14.6. The van der Waals surface area contributed by atoms with E-state index in [0.29, 0.717) is 12.1 Å². The van der Waals surface area contributed by atoms with E-state index in [-0.39, 0.29) is 11.3 Å². The Kier molecular flexibility index (Phi) is 4.10. The Morgan fingerprint density at radius 1 is 1.20 bits per heavy atom. The summed E-state index contributed by atoms with van der Waals surface area (Å²) >= 11 is 0. The number of amides is 1. The zero-order valence-corrected chi connectivity index (χ0v) is 11.6. The van der Waals surface area contributed by atoms with Gasteiger partial charge in [0.1, 0.15) is 0 Å². The van der Waals surface area contributed by atoms with Crippen LogP contribution in [0.3, 0.4) is 0 Å². The van der Waals surface area contributed by atoms with Gasteiger partial charge in [-0.25, -0.2) is 0 Å². The molecule has 1 aromatic carbocycles. The molecular weight excluding hydrogens is 252 g/mol. The van der Waals surface area contributed by atoms with Crippen molar-refractivity contribution in [1.29, 1.82) is 0 Å². The van der Waals surface area contributed by atoms with Gasteiger partial charge < -0.3 is 11.1 Å². The third kappa shape index (κ3) is 3.19. The lowest BCUT2D eigenvalue weighted by Gasteiger charge is -2.23. The monoisotopic (exact) mass is 270 g/mol. The van der Waals surface area contributed by atoms with Crippen molar-refractivity contribution in [2.45, 2.75) is 19.3 Å². The van der Waals surface area contributed by atoms with Gasteiger partial charge in [0, 0.05) is 17.6 Å². The van der Waals surface area contributed by atoms with Crippen LogP contribution in [0.25, 0.3) is 0 Å². The van der Waals surface area contributed by atoms with E-state index in [1.807, 2.05) is 24.3 Å². The van der Waals surface area contributed by atoms with Crippen LogP contribution in [0.2, 0.25) is 0 Å². The van der Waals surface area contributed by atoms with Crippen molar-refractivity contribution in [1.82, 2.24) is 10.2 Å². The molecule has 0 saturated carbocycles. The van der Waals surface area contributed by atoms with Gasteiger partial charge in [-0.1, -0.05) is 26.0 Å². The number of nitrogens with two attached hydrogens (primary N) is 1. The molecule has 0 bridgehead atoms. The molecule has 1 amide bonds. The van der Waals surface area contributed by atoms with E-state index in [0.717, 1.165) is 11.3 Å². The molecule has 3 N–H and O–H groups in total. The molecule has 0 fully saturated rings. The van der Waals surface area contributed by atoms with Crippen molar-refractivity contribution in [3.63, 3.8) is 0 Å². The van der Waals surface area contributed by atoms with Crippen molar-refractivity contribution in [2.24, 2.45) is 5.73 Å². The maximum Gasteiger partial charge on any atom is 0.257 e. The number of aromatic nitrogens is 2. The average molecular weight is 270 g/mol. The molecule has 0 aliphatic rings. The topological polar surface area (TPSA) is 80.9 Å². The molecule has 0 radical (unpaired) electrons. The number of hydrogen-bond acceptors (Lipinski definition) is 4. The Hall–Kier alpha value is -2.27. The molecular formula is C15H18N4O. The summed E-state index contributed by atoms with van der Waals surface area (Å²) in [6.45, 7) is 4.74. The van der Waals surface area contributed by atoms with E-state index in [9.17, 15) is 4.79 Å². The van der Waals surface area contributed by atoms with E-state index in [1.165, 1.54) is 12.4 Å². The summed E-state index contributed by atoms with van der Waals surface area (Å²) in [4.78, 5) is 12.0. The fourth-order valence-electron chi connectivity index (χ4n) is 1.75. The SMILES string of the molecule is CC(C)(CN)c1ccc(NC(=O)c2ccnnc2)cc1. The molecule has 1 heterocycles. The van der Waals surface area contributed by atoms with Crippen molar-refractivity contribution in [3.8, 4) is 0 Å². The molecule has 20 heavy (non-hydrogen) atoms. The molecule has 0 saturated heterocycles. The fourth-order valence-corrected chi connectivity index (χ4v) is 1.75. The lowest BCUT2D eigenvalue weighted by atomic mass is 9.85. The molecule has 0 spiro atoms. The van der Waals surface area contributed by atoms with Crippen molar-refractivity contribution < 1.29 is 4.79 Å². The first-order valence-electron chi connectivity index (χ1n) is 6.41. The second kappa shape index (κ2) is 5.79. The minimum atomic E-state index is -0.203. The summed E-state index contributed by atoms with van der Waals surface area (Å²) in [6, 6.07) is 9.33. The highest BCUT2D eigenvalue weighted by molar-refractivity contribution is 6.03. The van der Waals surface area contributed by atoms with Crippen molar-refractivity contribution in [3.05, 3.63) is 53.9 Å². The Morgan fingerprint density at radius 3 is 2.45 bits per heavy atom. The Bertz CT molecular complexity index is 579. The summed E-state index contributed by atoms with van der Waals surface area (Å²) < 4.78 is 0. The van der Waals surface area contributed by atoms with Crippen LogP contribution >= 0.6 is 0 Å². The van der Waals surface area contributed by atoms with Crippen LogP contribution in [-0.4, -0.2) is 22.6 Å². The summed E-state index contributed by atoms with van der Waals surface area (Å²) in [5, 5.41) is 10.1. The van der Waals surface area contributed by atoms with Gasteiger partial charge in [-0.05, 0) is 23.8 Å². The molecule has 1 aromatic heterocycles. The molecule has 2 rings (SSSR count). The Labute approximate surface area is 118 Å². The largest absolute Gasteiger partial charge is 0.330 e. The zero-order valence-electron chi connectivity index (χ0n) is 11.6. The minimum Gasteiger partial charge on any atom is -0.330 e. The number of nitrogens with zero attached hydrogens (tertiary/aromatic N) is 2. The average Bonchev–Trinajstić information content (AvgIpc) is 2.48. The van der Waals surface area contributed by atoms with Crippen molar-refractivity contribution in [2.75, 3.05) is 11.9 Å². The lowest BCUT2D eigenvalue weighted by molar-refractivity contribution is 0.102. The molecule has 104 valence electrons. The van der Waals surface area contributed by atoms with Gasteiger partial charge in [0.25, 0.3) is 5.91 Å². The van der Waals surface area contributed by atoms with Crippen molar-refractivity contribution >= 4 is 11.6 Å². The second-order valence-corrected chi connectivity index (χ2v) is 5.25. The highest BCUT2D eigenvalue weighted by Gasteiger charge is 2.18. The number of carbonyl (C=O) groups excluding carboxylic acids is 1.